The first-order chi connectivity index (χ1) is 14.5. The molecule has 2 aliphatic heterocycles. The van der Waals surface area contributed by atoms with Crippen molar-refractivity contribution in [3.05, 3.63) is 53.1 Å². The van der Waals surface area contributed by atoms with Crippen LogP contribution in [0, 0.1) is 0 Å². The van der Waals surface area contributed by atoms with Gasteiger partial charge >= 0.3 is 0 Å². The number of Topliss-reactive ketones (excluding diaryl/α,β-unsaturated/α-hetero) is 1. The molecule has 30 heavy (non-hydrogen) atoms. The van der Waals surface area contributed by atoms with Crippen LogP contribution in [0.5, 0.6) is 11.5 Å². The maximum Gasteiger partial charge on any atom is 0.265 e. The molecule has 0 N–H and O–H groups in total. The Balaban J connectivity index is 1.51. The lowest BCUT2D eigenvalue weighted by Gasteiger charge is -2.30. The van der Waals surface area contributed by atoms with Gasteiger partial charge in [0.25, 0.3) is 5.91 Å². The summed E-state index contributed by atoms with van der Waals surface area (Å²) in [7, 11) is 0. The molecule has 2 aliphatic rings. The minimum atomic E-state index is -0.313. The third kappa shape index (κ3) is 4.26. The molecule has 0 aromatic heterocycles. The number of halogens is 1. The number of nitrogens with zero attached hydrogens (tertiary/aromatic N) is 2. The maximum absolute atomic E-state index is 12.6. The van der Waals surface area contributed by atoms with Crippen LogP contribution >= 0.6 is 11.6 Å². The summed E-state index contributed by atoms with van der Waals surface area (Å²) in [5.74, 6) is 0.190. The van der Waals surface area contributed by atoms with Crippen LogP contribution in [-0.2, 0) is 9.59 Å². The second-order valence-corrected chi connectivity index (χ2v) is 7.59. The summed E-state index contributed by atoms with van der Waals surface area (Å²) in [5.41, 5.74) is 0.778. The van der Waals surface area contributed by atoms with Crippen molar-refractivity contribution in [2.45, 2.75) is 12.8 Å². The summed E-state index contributed by atoms with van der Waals surface area (Å²) >= 11 is 6.05. The smallest absolute Gasteiger partial charge is 0.265 e. The van der Waals surface area contributed by atoms with Gasteiger partial charge in [-0.05, 0) is 43.2 Å². The van der Waals surface area contributed by atoms with E-state index in [1.54, 1.807) is 47.4 Å². The second-order valence-electron chi connectivity index (χ2n) is 7.18. The van der Waals surface area contributed by atoms with Crippen molar-refractivity contribution in [3.63, 3.8) is 0 Å². The lowest BCUT2D eigenvalue weighted by Crippen LogP contribution is -2.46. The molecule has 156 valence electrons. The highest BCUT2D eigenvalue weighted by molar-refractivity contribution is 6.32. The van der Waals surface area contributed by atoms with Gasteiger partial charge in [-0.25, -0.2) is 0 Å². The van der Waals surface area contributed by atoms with E-state index < -0.39 is 0 Å². The fourth-order valence-electron chi connectivity index (χ4n) is 3.54. The molecule has 4 rings (SSSR count). The molecule has 1 saturated heterocycles. The van der Waals surface area contributed by atoms with Gasteiger partial charge in [0.05, 0.1) is 10.7 Å². The second kappa shape index (κ2) is 8.75. The van der Waals surface area contributed by atoms with E-state index in [-0.39, 0.29) is 37.4 Å². The number of carbonyl (C=O) groups is 3. The van der Waals surface area contributed by atoms with Crippen molar-refractivity contribution >= 4 is 34.9 Å². The summed E-state index contributed by atoms with van der Waals surface area (Å²) in [6.45, 7) is 1.01. The van der Waals surface area contributed by atoms with Gasteiger partial charge in [-0.2, -0.15) is 0 Å². The number of ether oxygens (including phenoxy) is 2. The fraction of sp³-hybridized carbons (Fsp3) is 0.318. The number of para-hydroxylation sites is 1. The molecule has 0 unspecified atom stereocenters. The Labute approximate surface area is 179 Å². The third-order valence-corrected chi connectivity index (χ3v) is 5.48. The van der Waals surface area contributed by atoms with Crippen LogP contribution in [0.4, 0.5) is 5.69 Å². The number of hydrogen-bond acceptors (Lipinski definition) is 5. The van der Waals surface area contributed by atoms with E-state index in [1.165, 1.54) is 4.90 Å². The van der Waals surface area contributed by atoms with Crippen LogP contribution in [-0.4, -0.2) is 55.3 Å². The molecule has 0 aliphatic carbocycles. The molecular weight excluding hydrogens is 408 g/mol. The van der Waals surface area contributed by atoms with Crippen LogP contribution in [0.3, 0.4) is 0 Å². The molecule has 0 spiro atoms. The molecule has 2 aromatic rings. The highest BCUT2D eigenvalue weighted by Crippen LogP contribution is 2.33. The summed E-state index contributed by atoms with van der Waals surface area (Å²) < 4.78 is 11.0. The SMILES string of the molecule is O=C(COc1ccccc1Cl)c1ccc2c(c1)N(CC(=O)N1CCCC1)C(=O)CO2. The van der Waals surface area contributed by atoms with Crippen LogP contribution in [0.15, 0.2) is 42.5 Å². The van der Waals surface area contributed by atoms with Gasteiger partial charge in [-0.15, -0.1) is 0 Å². The predicted molar refractivity (Wildman–Crippen MR) is 111 cm³/mol. The molecule has 0 radical (unpaired) electrons. The standard InChI is InChI=1S/C22H21ClN2O5/c23-16-5-1-2-6-19(16)29-13-18(26)15-7-8-20-17(11-15)25(22(28)14-30-20)12-21(27)24-9-3-4-10-24/h1-2,5-8,11H,3-4,9-10,12-14H2. The number of fused-ring (bicyclic) bond motifs is 1. The Kier molecular flexibility index (Phi) is 5.90. The first kappa shape index (κ1) is 20.2. The van der Waals surface area contributed by atoms with Crippen molar-refractivity contribution in [3.8, 4) is 11.5 Å². The molecule has 8 heteroatoms. The van der Waals surface area contributed by atoms with Crippen LogP contribution < -0.4 is 14.4 Å². The maximum atomic E-state index is 12.6. The van der Waals surface area contributed by atoms with Gasteiger partial charge in [0.15, 0.2) is 19.0 Å². The molecule has 0 saturated carbocycles. The number of rotatable bonds is 6. The number of likely N-dealkylation sites (tertiary alicyclic amines) is 1. The molecule has 2 amide bonds. The Morgan fingerprint density at radius 2 is 1.87 bits per heavy atom. The number of hydrogen-bond donors (Lipinski definition) is 0. The average Bonchev–Trinajstić information content (AvgIpc) is 3.30. The number of anilines is 1. The van der Waals surface area contributed by atoms with Gasteiger partial charge in [0.2, 0.25) is 5.91 Å². The minimum absolute atomic E-state index is 0.0665. The van der Waals surface area contributed by atoms with Crippen molar-refractivity contribution in [1.29, 1.82) is 0 Å². The normalized spacial score (nSPS) is 15.6. The highest BCUT2D eigenvalue weighted by Gasteiger charge is 2.30. The van der Waals surface area contributed by atoms with Gasteiger partial charge in [0, 0.05) is 18.7 Å². The zero-order valence-corrected chi connectivity index (χ0v) is 17.1. The molecule has 7 nitrogen and oxygen atoms in total. The summed E-state index contributed by atoms with van der Waals surface area (Å²) in [6.07, 6.45) is 1.95. The van der Waals surface area contributed by atoms with Crippen molar-refractivity contribution in [2.24, 2.45) is 0 Å². The summed E-state index contributed by atoms with van der Waals surface area (Å²) in [5, 5.41) is 0.418. The lowest BCUT2D eigenvalue weighted by atomic mass is 10.1. The highest BCUT2D eigenvalue weighted by atomic mass is 35.5. The van der Waals surface area contributed by atoms with E-state index in [2.05, 4.69) is 0 Å². The van der Waals surface area contributed by atoms with Crippen LogP contribution in [0.1, 0.15) is 23.2 Å². The largest absolute Gasteiger partial charge is 0.484 e. The molecular formula is C22H21ClN2O5. The van der Waals surface area contributed by atoms with Gasteiger partial charge in [-0.1, -0.05) is 23.7 Å². The van der Waals surface area contributed by atoms with Gasteiger partial charge in [0.1, 0.15) is 18.0 Å². The first-order valence-corrected chi connectivity index (χ1v) is 10.2. The Morgan fingerprint density at radius 3 is 2.63 bits per heavy atom. The Hall–Kier alpha value is -3.06. The van der Waals surface area contributed by atoms with E-state index in [4.69, 9.17) is 21.1 Å². The Bertz CT molecular complexity index is 987. The van der Waals surface area contributed by atoms with E-state index >= 15 is 0 Å². The fourth-order valence-corrected chi connectivity index (χ4v) is 3.73. The monoisotopic (exact) mass is 428 g/mol. The first-order valence-electron chi connectivity index (χ1n) is 9.78. The third-order valence-electron chi connectivity index (χ3n) is 5.17. The van der Waals surface area contributed by atoms with Crippen LogP contribution in [0.2, 0.25) is 5.02 Å². The lowest BCUT2D eigenvalue weighted by molar-refractivity contribution is -0.131. The molecule has 0 atom stereocenters. The zero-order chi connectivity index (χ0) is 21.1. The topological polar surface area (TPSA) is 76.2 Å². The molecule has 0 bridgehead atoms. The average molecular weight is 429 g/mol. The van der Waals surface area contributed by atoms with E-state index in [9.17, 15) is 14.4 Å². The van der Waals surface area contributed by atoms with Crippen molar-refractivity contribution in [2.75, 3.05) is 37.7 Å². The van der Waals surface area contributed by atoms with E-state index in [0.717, 1.165) is 12.8 Å². The molecule has 2 heterocycles. The van der Waals surface area contributed by atoms with Crippen molar-refractivity contribution < 1.29 is 23.9 Å². The number of carbonyl (C=O) groups excluding carboxylic acids is 3. The predicted octanol–water partition coefficient (Wildman–Crippen LogP) is 2.95. The van der Waals surface area contributed by atoms with Crippen molar-refractivity contribution in [1.82, 2.24) is 4.90 Å². The van der Waals surface area contributed by atoms with E-state index in [0.29, 0.717) is 40.9 Å². The van der Waals surface area contributed by atoms with Gasteiger partial charge < -0.3 is 14.4 Å². The summed E-state index contributed by atoms with van der Waals surface area (Å²) in [6, 6.07) is 11.7. The quantitative estimate of drug-likeness (QED) is 0.661. The van der Waals surface area contributed by atoms with E-state index in [1.807, 2.05) is 0 Å². The zero-order valence-electron chi connectivity index (χ0n) is 16.3. The van der Waals surface area contributed by atoms with Crippen LogP contribution in [0.25, 0.3) is 0 Å². The molecule has 1 fully saturated rings. The summed E-state index contributed by atoms with van der Waals surface area (Å²) in [4.78, 5) is 40.8. The Morgan fingerprint density at radius 1 is 1.10 bits per heavy atom. The number of benzene rings is 2. The minimum Gasteiger partial charge on any atom is -0.484 e. The molecule has 2 aromatic carbocycles. The number of ketones is 1. The van der Waals surface area contributed by atoms with Gasteiger partial charge in [-0.3, -0.25) is 19.3 Å². The number of amides is 2.